The molecule has 1 aromatic heterocycles. The number of hydrogen-bond acceptors (Lipinski definition) is 2. The Morgan fingerprint density at radius 2 is 1.67 bits per heavy atom. The van der Waals surface area contributed by atoms with Crippen LogP contribution in [0.1, 0.15) is 57.9 Å². The van der Waals surface area contributed by atoms with Crippen LogP contribution in [0.25, 0.3) is 0 Å². The number of nitrogens with zero attached hydrogens (tertiary/aromatic N) is 1. The number of rotatable bonds is 8. The van der Waals surface area contributed by atoms with Gasteiger partial charge in [-0.15, -0.1) is 0 Å². The summed E-state index contributed by atoms with van der Waals surface area (Å²) in [4.78, 5) is 0. The van der Waals surface area contributed by atoms with Gasteiger partial charge < -0.3 is 0 Å². The second-order valence-electron chi connectivity index (χ2n) is 5.30. The van der Waals surface area contributed by atoms with Crippen LogP contribution in [0.5, 0.6) is 0 Å². The molecule has 0 atom stereocenters. The van der Waals surface area contributed by atoms with Crippen LogP contribution < -0.4 is 4.57 Å². The van der Waals surface area contributed by atoms with Crippen molar-refractivity contribution in [3.05, 3.63) is 30.1 Å². The minimum Gasteiger partial charge on any atom is -0.286 e. The highest BCUT2D eigenvalue weighted by molar-refractivity contribution is 7.85. The third-order valence-electron chi connectivity index (χ3n) is 3.10. The topological polar surface area (TPSA) is 58.2 Å². The minimum absolute atomic E-state index is 0.715. The molecule has 0 aliphatic carbocycles. The van der Waals surface area contributed by atoms with Crippen LogP contribution >= 0.6 is 0 Å². The third kappa shape index (κ3) is 15.3. The van der Waals surface area contributed by atoms with Gasteiger partial charge in [0, 0.05) is 18.1 Å². The van der Waals surface area contributed by atoms with Gasteiger partial charge in [-0.05, 0) is 18.9 Å². The highest BCUT2D eigenvalue weighted by Crippen LogP contribution is 2.04. The van der Waals surface area contributed by atoms with E-state index in [0.29, 0.717) is 6.26 Å². The molecule has 0 unspecified atom stereocenters. The van der Waals surface area contributed by atoms with Crippen molar-refractivity contribution in [1.29, 1.82) is 0 Å². The van der Waals surface area contributed by atoms with Gasteiger partial charge in [-0.2, -0.15) is 8.42 Å². The second-order valence-corrected chi connectivity index (χ2v) is 6.77. The molecule has 0 amide bonds. The van der Waals surface area contributed by atoms with E-state index in [9.17, 15) is 8.42 Å². The molecule has 0 aromatic carbocycles. The molecular weight excluding hydrogens is 286 g/mol. The van der Waals surface area contributed by atoms with Gasteiger partial charge in [0.25, 0.3) is 10.1 Å². The molecule has 1 rings (SSSR count). The monoisotopic (exact) mass is 316 g/mol. The van der Waals surface area contributed by atoms with Crippen molar-refractivity contribution in [3.63, 3.8) is 0 Å². The molecule has 4 nitrogen and oxygen atoms in total. The first kappa shape index (κ1) is 20.1. The molecule has 122 valence electrons. The molecular formula is C16H30NO3S+. The molecule has 1 N–H and O–H groups in total. The van der Waals surface area contributed by atoms with Crippen molar-refractivity contribution < 1.29 is 17.5 Å². The van der Waals surface area contributed by atoms with Crippen LogP contribution in [0.2, 0.25) is 0 Å². The number of hydrogen-bond donors (Lipinski definition) is 1. The fraction of sp³-hybridized carbons (Fsp3) is 0.688. The van der Waals surface area contributed by atoms with Crippen molar-refractivity contribution in [2.45, 2.75) is 65.3 Å². The van der Waals surface area contributed by atoms with Crippen molar-refractivity contribution in [1.82, 2.24) is 0 Å². The summed E-state index contributed by atoms with van der Waals surface area (Å²) in [6.45, 7) is 5.66. The fourth-order valence-electron chi connectivity index (χ4n) is 2.00. The Morgan fingerprint density at radius 3 is 2.24 bits per heavy atom. The highest BCUT2D eigenvalue weighted by atomic mass is 32.2. The van der Waals surface area contributed by atoms with E-state index in [0.717, 1.165) is 6.42 Å². The molecule has 1 heterocycles. The summed E-state index contributed by atoms with van der Waals surface area (Å²) in [7, 11) is -3.67. The Morgan fingerprint density at radius 1 is 1.10 bits per heavy atom. The summed E-state index contributed by atoms with van der Waals surface area (Å²) in [5.74, 6) is 0. The normalized spacial score (nSPS) is 10.9. The summed E-state index contributed by atoms with van der Waals surface area (Å²) in [5.41, 5.74) is 1.44. The molecule has 0 fully saturated rings. The molecule has 0 spiro atoms. The van der Waals surface area contributed by atoms with Gasteiger partial charge in [0.15, 0.2) is 12.4 Å². The molecule has 0 saturated heterocycles. The number of aromatic nitrogens is 1. The van der Waals surface area contributed by atoms with E-state index >= 15 is 0 Å². The molecule has 1 aromatic rings. The average molecular weight is 316 g/mol. The van der Waals surface area contributed by atoms with E-state index in [1.54, 1.807) is 0 Å². The first-order valence-electron chi connectivity index (χ1n) is 7.77. The molecule has 5 heteroatoms. The fourth-order valence-corrected chi connectivity index (χ4v) is 2.00. The van der Waals surface area contributed by atoms with Crippen LogP contribution in [0.3, 0.4) is 0 Å². The Labute approximate surface area is 130 Å². The van der Waals surface area contributed by atoms with Crippen LogP contribution in [-0.2, 0) is 23.1 Å². The highest BCUT2D eigenvalue weighted by Gasteiger charge is 2.00. The second kappa shape index (κ2) is 11.7. The zero-order chi connectivity index (χ0) is 16.1. The lowest BCUT2D eigenvalue weighted by atomic mass is 10.1. The quantitative estimate of drug-likeness (QED) is 0.454. The standard InChI is InChI=1S/C15H26N.CH4O3S/c1-3-5-6-7-8-9-12-16-13-10-11-15(4-2)14-16;1-5(2,3)4/h10-11,13-14H,3-9,12H2,1-2H3;1H3,(H,2,3,4)/q+1;. The maximum atomic E-state index is 9.19. The summed E-state index contributed by atoms with van der Waals surface area (Å²) in [6, 6.07) is 4.37. The van der Waals surface area contributed by atoms with Crippen LogP contribution in [-0.4, -0.2) is 19.2 Å². The predicted octanol–water partition coefficient (Wildman–Crippen LogP) is 3.40. The molecule has 0 aliphatic heterocycles. The molecule has 0 bridgehead atoms. The van der Waals surface area contributed by atoms with Crippen LogP contribution in [0, 0.1) is 0 Å². The zero-order valence-electron chi connectivity index (χ0n) is 13.6. The van der Waals surface area contributed by atoms with E-state index in [4.69, 9.17) is 4.55 Å². The van der Waals surface area contributed by atoms with Crippen LogP contribution in [0.4, 0.5) is 0 Å². The third-order valence-corrected chi connectivity index (χ3v) is 3.10. The van der Waals surface area contributed by atoms with Gasteiger partial charge in [0.1, 0.15) is 6.54 Å². The lowest BCUT2D eigenvalue weighted by molar-refractivity contribution is -0.697. The largest absolute Gasteiger partial charge is 0.286 e. The van der Waals surface area contributed by atoms with E-state index in [1.165, 1.54) is 50.6 Å². The van der Waals surface area contributed by atoms with Gasteiger partial charge in [-0.1, -0.05) is 39.5 Å². The van der Waals surface area contributed by atoms with Crippen molar-refractivity contribution >= 4 is 10.1 Å². The Bertz CT molecular complexity index is 464. The van der Waals surface area contributed by atoms with Crippen LogP contribution in [0.15, 0.2) is 24.5 Å². The average Bonchev–Trinajstić information content (AvgIpc) is 2.41. The number of unbranched alkanes of at least 4 members (excludes halogenated alkanes) is 5. The first-order chi connectivity index (χ1) is 9.86. The van der Waals surface area contributed by atoms with Gasteiger partial charge in [-0.3, -0.25) is 4.55 Å². The predicted molar refractivity (Wildman–Crippen MR) is 86.9 cm³/mol. The van der Waals surface area contributed by atoms with Gasteiger partial charge in [0.05, 0.1) is 6.26 Å². The van der Waals surface area contributed by atoms with E-state index in [-0.39, 0.29) is 0 Å². The van der Waals surface area contributed by atoms with Gasteiger partial charge in [0.2, 0.25) is 0 Å². The van der Waals surface area contributed by atoms with E-state index in [2.05, 4.69) is 42.9 Å². The maximum Gasteiger partial charge on any atom is 0.261 e. The van der Waals surface area contributed by atoms with E-state index in [1.807, 2.05) is 0 Å². The minimum atomic E-state index is -3.67. The molecule has 21 heavy (non-hydrogen) atoms. The summed E-state index contributed by atoms with van der Waals surface area (Å²) in [6.07, 6.45) is 14.6. The first-order valence-corrected chi connectivity index (χ1v) is 9.62. The Balaban J connectivity index is 0.000000690. The summed E-state index contributed by atoms with van der Waals surface area (Å²) in [5, 5.41) is 0. The zero-order valence-corrected chi connectivity index (χ0v) is 14.4. The van der Waals surface area contributed by atoms with Crippen molar-refractivity contribution in [2.75, 3.05) is 6.26 Å². The molecule has 0 radical (unpaired) electrons. The number of aryl methyl sites for hydroxylation is 2. The smallest absolute Gasteiger partial charge is 0.261 e. The SMILES string of the molecule is CCCCCCCC[n+]1cccc(CC)c1.CS(=O)(=O)O. The van der Waals surface area contributed by atoms with Crippen molar-refractivity contribution in [2.24, 2.45) is 0 Å². The maximum absolute atomic E-state index is 9.19. The number of pyridine rings is 1. The Hall–Kier alpha value is -0.940. The van der Waals surface area contributed by atoms with Crippen molar-refractivity contribution in [3.8, 4) is 0 Å². The summed E-state index contributed by atoms with van der Waals surface area (Å²) >= 11 is 0. The molecule has 0 saturated carbocycles. The Kier molecular flexibility index (Phi) is 11.2. The van der Waals surface area contributed by atoms with Gasteiger partial charge in [-0.25, -0.2) is 4.57 Å². The molecule has 0 aliphatic rings. The lowest BCUT2D eigenvalue weighted by Crippen LogP contribution is -2.33. The summed E-state index contributed by atoms with van der Waals surface area (Å²) < 4.78 is 28.2. The van der Waals surface area contributed by atoms with E-state index < -0.39 is 10.1 Å². The lowest BCUT2D eigenvalue weighted by Gasteiger charge is -2.00. The van der Waals surface area contributed by atoms with Gasteiger partial charge >= 0.3 is 0 Å².